The molecule has 2 unspecified atom stereocenters. The molecule has 31 heavy (non-hydrogen) atoms. The van der Waals surface area contributed by atoms with Crippen LogP contribution in [0.4, 0.5) is 0 Å². The van der Waals surface area contributed by atoms with Crippen LogP contribution in [0.25, 0.3) is 0 Å². The van der Waals surface area contributed by atoms with Gasteiger partial charge in [0.2, 0.25) is 0 Å². The number of carboxylic acids is 2. The van der Waals surface area contributed by atoms with Crippen molar-refractivity contribution in [2.45, 2.75) is 50.9 Å². The summed E-state index contributed by atoms with van der Waals surface area (Å²) in [5.41, 5.74) is 2.49. The van der Waals surface area contributed by atoms with Gasteiger partial charge in [0.1, 0.15) is 11.6 Å². The zero-order chi connectivity index (χ0) is 21.8. The molecule has 1 aliphatic carbocycles. The molecular weight excluding hydrogens is 400 g/mol. The molecule has 0 aliphatic heterocycles. The highest BCUT2D eigenvalue weighted by Crippen LogP contribution is 2.42. The van der Waals surface area contributed by atoms with Crippen molar-refractivity contribution in [3.63, 3.8) is 0 Å². The first kappa shape index (κ1) is 20.7. The van der Waals surface area contributed by atoms with Crippen LogP contribution in [0.3, 0.4) is 0 Å². The van der Waals surface area contributed by atoms with E-state index < -0.39 is 11.9 Å². The molecule has 2 heterocycles. The van der Waals surface area contributed by atoms with E-state index in [1.54, 1.807) is 0 Å². The third-order valence-corrected chi connectivity index (χ3v) is 5.89. The van der Waals surface area contributed by atoms with Crippen LogP contribution in [0.1, 0.15) is 75.6 Å². The summed E-state index contributed by atoms with van der Waals surface area (Å²) in [5.74, 6) is -0.498. The lowest BCUT2D eigenvalue weighted by atomic mass is 9.85. The minimum atomic E-state index is -1.14. The lowest BCUT2D eigenvalue weighted by Gasteiger charge is -2.20. The van der Waals surface area contributed by atoms with Crippen LogP contribution in [0, 0.1) is 5.92 Å². The summed E-state index contributed by atoms with van der Waals surface area (Å²) in [7, 11) is 0. The molecule has 2 aromatic heterocycles. The average Bonchev–Trinajstić information content (AvgIpc) is 3.51. The van der Waals surface area contributed by atoms with Crippen molar-refractivity contribution < 1.29 is 19.8 Å². The molecule has 1 aromatic carbocycles. The van der Waals surface area contributed by atoms with Gasteiger partial charge in [-0.1, -0.05) is 30.7 Å². The Bertz CT molecular complexity index is 1080. The predicted octanol–water partition coefficient (Wildman–Crippen LogP) is 2.62. The fraction of sp³-hybridized carbons (Fsp3) is 0.429. The van der Waals surface area contributed by atoms with Crippen LogP contribution in [-0.4, -0.2) is 52.5 Å². The van der Waals surface area contributed by atoms with Gasteiger partial charge in [-0.3, -0.25) is 10.2 Å². The molecule has 0 bridgehead atoms. The Balaban J connectivity index is 1.37. The highest BCUT2D eigenvalue weighted by atomic mass is 16.4. The van der Waals surface area contributed by atoms with E-state index in [4.69, 9.17) is 10.2 Å². The summed E-state index contributed by atoms with van der Waals surface area (Å²) < 4.78 is 0. The molecule has 0 radical (unpaired) electrons. The van der Waals surface area contributed by atoms with Crippen molar-refractivity contribution in [2.24, 2.45) is 5.92 Å². The van der Waals surface area contributed by atoms with E-state index in [1.165, 1.54) is 17.5 Å². The number of carboxylic acid groups (broad SMARTS) is 2. The van der Waals surface area contributed by atoms with E-state index in [2.05, 4.69) is 54.6 Å². The van der Waals surface area contributed by atoms with Gasteiger partial charge in [-0.25, -0.2) is 19.6 Å². The molecule has 1 aliphatic rings. The number of hydrogen-bond donors (Lipinski definition) is 4. The zero-order valence-corrected chi connectivity index (χ0v) is 16.9. The molecule has 1 fully saturated rings. The zero-order valence-electron chi connectivity index (χ0n) is 16.9. The molecule has 4 rings (SSSR count). The molecule has 0 spiro atoms. The topological polar surface area (TPSA) is 158 Å². The Morgan fingerprint density at radius 2 is 1.61 bits per heavy atom. The normalized spacial score (nSPS) is 18.3. The molecule has 2 atom stereocenters. The number of aromatic amines is 2. The third-order valence-electron chi connectivity index (χ3n) is 5.89. The van der Waals surface area contributed by atoms with E-state index in [9.17, 15) is 9.59 Å². The van der Waals surface area contributed by atoms with Gasteiger partial charge in [-0.05, 0) is 48.6 Å². The van der Waals surface area contributed by atoms with E-state index in [0.717, 1.165) is 25.7 Å². The number of hydrogen-bond acceptors (Lipinski definition) is 6. The number of rotatable bonds is 9. The second-order valence-corrected chi connectivity index (χ2v) is 7.90. The molecule has 162 valence electrons. The maximum absolute atomic E-state index is 10.9. The second kappa shape index (κ2) is 9.07. The molecule has 10 nitrogen and oxygen atoms in total. The van der Waals surface area contributed by atoms with Crippen LogP contribution in [0.15, 0.2) is 24.3 Å². The quantitative estimate of drug-likeness (QED) is 0.408. The van der Waals surface area contributed by atoms with Gasteiger partial charge in [0, 0.05) is 12.8 Å². The van der Waals surface area contributed by atoms with Crippen molar-refractivity contribution in [1.82, 2.24) is 30.4 Å². The number of aryl methyl sites for hydroxylation is 3. The molecule has 3 aromatic rings. The van der Waals surface area contributed by atoms with Crippen molar-refractivity contribution >= 4 is 11.9 Å². The molecule has 0 amide bonds. The van der Waals surface area contributed by atoms with E-state index in [-0.39, 0.29) is 11.6 Å². The molecule has 0 saturated heterocycles. The van der Waals surface area contributed by atoms with E-state index in [0.29, 0.717) is 36.3 Å². The van der Waals surface area contributed by atoms with Gasteiger partial charge in [-0.2, -0.15) is 0 Å². The van der Waals surface area contributed by atoms with Crippen LogP contribution in [-0.2, 0) is 19.3 Å². The monoisotopic (exact) mass is 424 g/mol. The summed E-state index contributed by atoms with van der Waals surface area (Å²) in [6.07, 6.45) is 6.40. The van der Waals surface area contributed by atoms with Crippen LogP contribution >= 0.6 is 0 Å². The Morgan fingerprint density at radius 1 is 0.935 bits per heavy atom. The van der Waals surface area contributed by atoms with Crippen molar-refractivity contribution in [3.05, 3.63) is 58.7 Å². The van der Waals surface area contributed by atoms with E-state index >= 15 is 0 Å². The van der Waals surface area contributed by atoms with E-state index in [1.807, 2.05) is 0 Å². The van der Waals surface area contributed by atoms with Gasteiger partial charge < -0.3 is 10.2 Å². The molecule has 1 saturated carbocycles. The number of nitrogens with zero attached hydrogens (tertiary/aromatic N) is 4. The number of aromatic nitrogens is 6. The average molecular weight is 424 g/mol. The van der Waals surface area contributed by atoms with Crippen LogP contribution in [0.2, 0.25) is 0 Å². The summed E-state index contributed by atoms with van der Waals surface area (Å²) in [6, 6.07) is 8.54. The smallest absolute Gasteiger partial charge is 0.375 e. The summed E-state index contributed by atoms with van der Waals surface area (Å²) in [5, 5.41) is 30.7. The summed E-state index contributed by atoms with van der Waals surface area (Å²) in [4.78, 5) is 29.9. The minimum Gasteiger partial charge on any atom is -0.475 e. The van der Waals surface area contributed by atoms with Crippen molar-refractivity contribution in [2.75, 3.05) is 0 Å². The predicted molar refractivity (Wildman–Crippen MR) is 109 cm³/mol. The number of aromatic carboxylic acids is 2. The number of benzene rings is 1. The Morgan fingerprint density at radius 3 is 2.26 bits per heavy atom. The first-order valence-electron chi connectivity index (χ1n) is 10.4. The highest BCUT2D eigenvalue weighted by molar-refractivity contribution is 5.83. The van der Waals surface area contributed by atoms with Gasteiger partial charge >= 0.3 is 11.9 Å². The first-order chi connectivity index (χ1) is 15.0. The maximum atomic E-state index is 10.9. The maximum Gasteiger partial charge on any atom is 0.375 e. The summed E-state index contributed by atoms with van der Waals surface area (Å²) in [6.45, 7) is 0. The third kappa shape index (κ3) is 4.96. The highest BCUT2D eigenvalue weighted by Gasteiger charge is 2.28. The van der Waals surface area contributed by atoms with Gasteiger partial charge in [-0.15, -0.1) is 10.2 Å². The second-order valence-electron chi connectivity index (χ2n) is 7.90. The molecular formula is C21H24N6O4. The Hall–Kier alpha value is -3.56. The number of H-pyrrole nitrogens is 2. The van der Waals surface area contributed by atoms with Gasteiger partial charge in [0.25, 0.3) is 11.6 Å². The fourth-order valence-corrected chi connectivity index (χ4v) is 4.39. The number of carbonyl (C=O) groups is 2. The minimum absolute atomic E-state index is 0.187. The lowest BCUT2D eigenvalue weighted by molar-refractivity contribution is 0.0673. The first-order valence-corrected chi connectivity index (χ1v) is 10.4. The van der Waals surface area contributed by atoms with Gasteiger partial charge in [0.05, 0.1) is 0 Å². The standard InChI is InChI=1S/C21H24N6O4/c28-20(29)18-22-16(24-26-18)9-7-12-3-1-5-14(11-12)15-6-2-4-13(15)8-10-17-23-19(21(30)31)27-25-17/h1,3,5,11,13,15H,2,4,6-10H2,(H,28,29)(H,30,31)(H,22,24,26)(H,23,25,27). The number of nitrogens with one attached hydrogen (secondary N) is 2. The van der Waals surface area contributed by atoms with Crippen LogP contribution in [0.5, 0.6) is 0 Å². The lowest BCUT2D eigenvalue weighted by Crippen LogP contribution is -2.09. The fourth-order valence-electron chi connectivity index (χ4n) is 4.39. The Kier molecular flexibility index (Phi) is 6.06. The molecule has 4 N–H and O–H groups in total. The molecule has 10 heteroatoms. The summed E-state index contributed by atoms with van der Waals surface area (Å²) >= 11 is 0. The van der Waals surface area contributed by atoms with Crippen LogP contribution < -0.4 is 0 Å². The van der Waals surface area contributed by atoms with Crippen molar-refractivity contribution in [1.29, 1.82) is 0 Å². The Labute approximate surface area is 178 Å². The SMILES string of the molecule is O=C(O)c1n[nH]c(CCc2cccc(C3CCCC3CCc3nc(C(=O)O)n[nH]3)c2)n1. The van der Waals surface area contributed by atoms with Crippen molar-refractivity contribution in [3.8, 4) is 0 Å². The largest absolute Gasteiger partial charge is 0.475 e. The van der Waals surface area contributed by atoms with Gasteiger partial charge in [0.15, 0.2) is 0 Å².